The third-order valence-corrected chi connectivity index (χ3v) is 5.69. The molecule has 2 heterocycles. The smallest absolute Gasteiger partial charge is 0.214 e. The predicted octanol–water partition coefficient (Wildman–Crippen LogP) is 1.19. The first-order chi connectivity index (χ1) is 9.39. The van der Waals surface area contributed by atoms with Crippen LogP contribution in [0.2, 0.25) is 0 Å². The Morgan fingerprint density at radius 3 is 2.70 bits per heavy atom. The van der Waals surface area contributed by atoms with Crippen molar-refractivity contribution in [2.75, 3.05) is 18.8 Å². The molecule has 1 saturated heterocycles. The van der Waals surface area contributed by atoms with E-state index in [9.17, 15) is 13.5 Å². The fourth-order valence-electron chi connectivity index (χ4n) is 2.44. The Morgan fingerprint density at radius 2 is 2.00 bits per heavy atom. The summed E-state index contributed by atoms with van der Waals surface area (Å²) in [4.78, 5) is 3.92. The highest BCUT2D eigenvalue weighted by atomic mass is 32.2. The highest BCUT2D eigenvalue weighted by molar-refractivity contribution is 7.89. The predicted molar refractivity (Wildman–Crippen MR) is 77.8 cm³/mol. The van der Waals surface area contributed by atoms with Crippen molar-refractivity contribution in [2.45, 2.75) is 38.2 Å². The van der Waals surface area contributed by atoms with Gasteiger partial charge in [-0.1, -0.05) is 0 Å². The molecule has 0 aromatic carbocycles. The van der Waals surface area contributed by atoms with E-state index < -0.39 is 15.6 Å². The number of sulfonamides is 1. The van der Waals surface area contributed by atoms with E-state index in [2.05, 4.69) is 4.98 Å². The van der Waals surface area contributed by atoms with Crippen molar-refractivity contribution in [1.82, 2.24) is 9.29 Å². The highest BCUT2D eigenvalue weighted by Gasteiger charge is 2.30. The lowest BCUT2D eigenvalue weighted by atomic mass is 9.98. The molecule has 1 fully saturated rings. The van der Waals surface area contributed by atoms with Gasteiger partial charge in [0.1, 0.15) is 0 Å². The Balaban J connectivity index is 1.96. The van der Waals surface area contributed by atoms with Crippen molar-refractivity contribution in [2.24, 2.45) is 0 Å². The third-order valence-electron chi connectivity index (χ3n) is 3.81. The zero-order valence-electron chi connectivity index (χ0n) is 11.8. The van der Waals surface area contributed by atoms with Gasteiger partial charge in [-0.2, -0.15) is 0 Å². The normalized spacial score (nSPS) is 25.3. The first-order valence-corrected chi connectivity index (χ1v) is 8.59. The van der Waals surface area contributed by atoms with E-state index in [1.165, 1.54) is 4.31 Å². The second-order valence-electron chi connectivity index (χ2n) is 5.67. The monoisotopic (exact) mass is 298 g/mol. The van der Waals surface area contributed by atoms with Crippen LogP contribution in [0.4, 0.5) is 0 Å². The largest absolute Gasteiger partial charge is 0.390 e. The van der Waals surface area contributed by atoms with Gasteiger partial charge in [-0.05, 0) is 50.3 Å². The molecule has 1 aliphatic rings. The van der Waals surface area contributed by atoms with Crippen LogP contribution < -0.4 is 0 Å². The topological polar surface area (TPSA) is 70.5 Å². The van der Waals surface area contributed by atoms with Crippen molar-refractivity contribution in [3.63, 3.8) is 0 Å². The molecule has 20 heavy (non-hydrogen) atoms. The van der Waals surface area contributed by atoms with Gasteiger partial charge in [0.15, 0.2) is 0 Å². The van der Waals surface area contributed by atoms with E-state index in [1.807, 2.05) is 12.1 Å². The molecule has 2 rings (SSSR count). The average Bonchev–Trinajstić information content (AvgIpc) is 2.59. The molecule has 0 bridgehead atoms. The van der Waals surface area contributed by atoms with E-state index in [4.69, 9.17) is 0 Å². The quantitative estimate of drug-likeness (QED) is 0.906. The standard InChI is InChI=1S/C14H22N2O3S/c1-14(17)6-2-10-16(11-7-14)20(18,19)12-5-13-3-8-15-9-4-13/h3-4,8-9,17H,2,5-7,10-12H2,1H3. The molecular weight excluding hydrogens is 276 g/mol. The van der Waals surface area contributed by atoms with Crippen molar-refractivity contribution in [1.29, 1.82) is 0 Å². The summed E-state index contributed by atoms with van der Waals surface area (Å²) in [6.45, 7) is 2.70. The number of hydrogen-bond acceptors (Lipinski definition) is 4. The number of aromatic nitrogens is 1. The SMILES string of the molecule is CC1(O)CCCN(S(=O)(=O)CCc2ccncc2)CC1. The third kappa shape index (κ3) is 4.26. The number of rotatable bonds is 4. The lowest BCUT2D eigenvalue weighted by Gasteiger charge is -2.22. The van der Waals surface area contributed by atoms with Crippen molar-refractivity contribution in [3.05, 3.63) is 30.1 Å². The summed E-state index contributed by atoms with van der Waals surface area (Å²) in [5.41, 5.74) is 0.237. The zero-order valence-corrected chi connectivity index (χ0v) is 12.6. The minimum absolute atomic E-state index is 0.110. The van der Waals surface area contributed by atoms with Gasteiger partial charge < -0.3 is 5.11 Å². The number of hydrogen-bond donors (Lipinski definition) is 1. The van der Waals surface area contributed by atoms with E-state index in [1.54, 1.807) is 19.3 Å². The van der Waals surface area contributed by atoms with Crippen LogP contribution in [-0.2, 0) is 16.4 Å². The van der Waals surface area contributed by atoms with Crippen LogP contribution in [0.3, 0.4) is 0 Å². The van der Waals surface area contributed by atoms with Crippen LogP contribution in [-0.4, -0.2) is 47.3 Å². The van der Waals surface area contributed by atoms with Crippen molar-refractivity contribution in [3.8, 4) is 0 Å². The van der Waals surface area contributed by atoms with E-state index in [0.29, 0.717) is 38.8 Å². The maximum absolute atomic E-state index is 12.4. The van der Waals surface area contributed by atoms with Crippen LogP contribution in [0.15, 0.2) is 24.5 Å². The molecule has 0 amide bonds. The lowest BCUT2D eigenvalue weighted by Crippen LogP contribution is -2.35. The van der Waals surface area contributed by atoms with Crippen molar-refractivity contribution >= 4 is 10.0 Å². The maximum atomic E-state index is 12.4. The van der Waals surface area contributed by atoms with Crippen LogP contribution in [0.1, 0.15) is 31.7 Å². The van der Waals surface area contributed by atoms with Crippen LogP contribution in [0, 0.1) is 0 Å². The van der Waals surface area contributed by atoms with Gasteiger partial charge in [-0.3, -0.25) is 4.98 Å². The minimum Gasteiger partial charge on any atom is -0.390 e. The van der Waals surface area contributed by atoms with Gasteiger partial charge in [0.05, 0.1) is 11.4 Å². The summed E-state index contributed by atoms with van der Waals surface area (Å²) in [5, 5.41) is 10.0. The molecule has 0 aliphatic carbocycles. The summed E-state index contributed by atoms with van der Waals surface area (Å²) in [6.07, 6.45) is 5.71. The minimum atomic E-state index is -3.25. The van der Waals surface area contributed by atoms with E-state index >= 15 is 0 Å². The Labute approximate surface area is 120 Å². The molecule has 1 atom stereocenters. The molecule has 112 valence electrons. The Morgan fingerprint density at radius 1 is 1.30 bits per heavy atom. The summed E-state index contributed by atoms with van der Waals surface area (Å²) < 4.78 is 26.2. The van der Waals surface area contributed by atoms with Gasteiger partial charge in [-0.25, -0.2) is 12.7 Å². The fourth-order valence-corrected chi connectivity index (χ4v) is 3.97. The molecule has 1 N–H and O–H groups in total. The van der Waals surface area contributed by atoms with Gasteiger partial charge in [-0.15, -0.1) is 0 Å². The summed E-state index contributed by atoms with van der Waals surface area (Å²) >= 11 is 0. The van der Waals surface area contributed by atoms with Gasteiger partial charge >= 0.3 is 0 Å². The molecule has 1 aromatic heterocycles. The Bertz CT molecular complexity index is 529. The van der Waals surface area contributed by atoms with Crippen LogP contribution in [0.25, 0.3) is 0 Å². The molecule has 1 unspecified atom stereocenters. The Kier molecular flexibility index (Phi) is 4.78. The molecule has 0 saturated carbocycles. The lowest BCUT2D eigenvalue weighted by molar-refractivity contribution is 0.0465. The number of aryl methyl sites for hydroxylation is 1. The molecule has 1 aromatic rings. The number of nitrogens with zero attached hydrogens (tertiary/aromatic N) is 2. The fraction of sp³-hybridized carbons (Fsp3) is 0.643. The highest BCUT2D eigenvalue weighted by Crippen LogP contribution is 2.23. The second-order valence-corrected chi connectivity index (χ2v) is 7.76. The molecule has 1 aliphatic heterocycles. The second kappa shape index (κ2) is 6.20. The molecule has 0 radical (unpaired) electrons. The Hall–Kier alpha value is -0.980. The first kappa shape index (κ1) is 15.4. The molecule has 0 spiro atoms. The number of pyridine rings is 1. The van der Waals surface area contributed by atoms with Gasteiger partial charge in [0.25, 0.3) is 0 Å². The molecular formula is C14H22N2O3S. The maximum Gasteiger partial charge on any atom is 0.214 e. The zero-order chi connectivity index (χ0) is 14.6. The summed E-state index contributed by atoms with van der Waals surface area (Å²) in [7, 11) is -3.25. The first-order valence-electron chi connectivity index (χ1n) is 6.98. The average molecular weight is 298 g/mol. The number of aliphatic hydroxyl groups is 1. The van der Waals surface area contributed by atoms with Crippen LogP contribution in [0.5, 0.6) is 0 Å². The molecule has 5 nitrogen and oxygen atoms in total. The van der Waals surface area contributed by atoms with E-state index in [0.717, 1.165) is 5.56 Å². The van der Waals surface area contributed by atoms with E-state index in [-0.39, 0.29) is 5.75 Å². The summed E-state index contributed by atoms with van der Waals surface area (Å²) in [5.74, 6) is 0.110. The summed E-state index contributed by atoms with van der Waals surface area (Å²) in [6, 6.07) is 3.67. The van der Waals surface area contributed by atoms with Gasteiger partial charge in [0, 0.05) is 25.5 Å². The van der Waals surface area contributed by atoms with Crippen molar-refractivity contribution < 1.29 is 13.5 Å². The van der Waals surface area contributed by atoms with Gasteiger partial charge in [0.2, 0.25) is 10.0 Å². The van der Waals surface area contributed by atoms with Crippen LogP contribution >= 0.6 is 0 Å². The molecule has 6 heteroatoms.